The Kier molecular flexibility index (Phi) is 4.81. The minimum absolute atomic E-state index is 0.169. The van der Waals surface area contributed by atoms with Gasteiger partial charge in [-0.15, -0.1) is 11.8 Å². The van der Waals surface area contributed by atoms with Gasteiger partial charge in [0.2, 0.25) is 0 Å². The van der Waals surface area contributed by atoms with Gasteiger partial charge in [-0.3, -0.25) is 0 Å². The number of ether oxygens (including phenoxy) is 1. The van der Waals surface area contributed by atoms with Gasteiger partial charge >= 0.3 is 0 Å². The van der Waals surface area contributed by atoms with Crippen molar-refractivity contribution in [3.05, 3.63) is 18.2 Å². The molecule has 2 N–H and O–H groups in total. The van der Waals surface area contributed by atoms with Gasteiger partial charge in [-0.05, 0) is 38.8 Å². The zero-order chi connectivity index (χ0) is 13.0. The van der Waals surface area contributed by atoms with Crippen LogP contribution in [-0.2, 0) is 0 Å². The zero-order valence-electron chi connectivity index (χ0n) is 11.3. The molecule has 0 unspecified atom stereocenters. The molecule has 1 aliphatic rings. The van der Waals surface area contributed by atoms with Crippen LogP contribution in [-0.4, -0.2) is 11.4 Å². The Bertz CT molecular complexity index is 386. The van der Waals surface area contributed by atoms with E-state index in [1.807, 2.05) is 37.7 Å². The van der Waals surface area contributed by atoms with Gasteiger partial charge < -0.3 is 10.5 Å². The summed E-state index contributed by atoms with van der Waals surface area (Å²) in [5, 5.41) is 0.732. The maximum absolute atomic E-state index is 6.20. The van der Waals surface area contributed by atoms with E-state index in [0.29, 0.717) is 0 Å². The Morgan fingerprint density at radius 2 is 1.94 bits per heavy atom. The molecule has 2 rings (SSSR count). The van der Waals surface area contributed by atoms with Crippen molar-refractivity contribution in [3.8, 4) is 5.75 Å². The van der Waals surface area contributed by atoms with E-state index >= 15 is 0 Å². The van der Waals surface area contributed by atoms with Gasteiger partial charge in [0.25, 0.3) is 0 Å². The second-order valence-corrected chi connectivity index (χ2v) is 6.55. The first-order valence-electron chi connectivity index (χ1n) is 6.88. The normalized spacial score (nSPS) is 17.1. The quantitative estimate of drug-likeness (QED) is 0.815. The van der Waals surface area contributed by atoms with E-state index < -0.39 is 0 Å². The highest BCUT2D eigenvalue weighted by Gasteiger charge is 2.17. The van der Waals surface area contributed by atoms with E-state index in [9.17, 15) is 0 Å². The van der Waals surface area contributed by atoms with Gasteiger partial charge in [-0.25, -0.2) is 0 Å². The molecule has 0 atom stereocenters. The Labute approximate surface area is 114 Å². The topological polar surface area (TPSA) is 35.2 Å². The third-order valence-corrected chi connectivity index (χ3v) is 4.65. The lowest BCUT2D eigenvalue weighted by atomic mass is 10.0. The molecule has 1 saturated carbocycles. The van der Waals surface area contributed by atoms with E-state index in [0.717, 1.165) is 16.7 Å². The van der Waals surface area contributed by atoms with E-state index in [1.54, 1.807) is 0 Å². The predicted octanol–water partition coefficient (Wildman–Crippen LogP) is 4.48. The molecule has 0 amide bonds. The molecule has 0 radical (unpaired) electrons. The molecule has 2 nitrogen and oxygen atoms in total. The van der Waals surface area contributed by atoms with Crippen molar-refractivity contribution >= 4 is 17.4 Å². The highest BCUT2D eigenvalue weighted by molar-refractivity contribution is 8.00. The number of hydrogen-bond acceptors (Lipinski definition) is 3. The van der Waals surface area contributed by atoms with Gasteiger partial charge in [0.1, 0.15) is 5.75 Å². The van der Waals surface area contributed by atoms with Crippen molar-refractivity contribution in [1.82, 2.24) is 0 Å². The molecular weight excluding hydrogens is 242 g/mol. The Hall–Kier alpha value is -0.830. The first kappa shape index (κ1) is 13.6. The molecule has 0 aliphatic heterocycles. The second kappa shape index (κ2) is 6.37. The third-order valence-electron chi connectivity index (χ3n) is 3.23. The molecule has 1 aliphatic carbocycles. The van der Waals surface area contributed by atoms with Crippen LogP contribution in [0.1, 0.15) is 46.0 Å². The fraction of sp³-hybridized carbons (Fsp3) is 0.600. The number of benzene rings is 1. The van der Waals surface area contributed by atoms with Crippen molar-refractivity contribution in [1.29, 1.82) is 0 Å². The van der Waals surface area contributed by atoms with E-state index in [4.69, 9.17) is 10.5 Å². The number of nitrogens with two attached hydrogens (primary N) is 1. The Balaban J connectivity index is 2.07. The number of para-hydroxylation sites is 1. The molecule has 1 aromatic carbocycles. The summed E-state index contributed by atoms with van der Waals surface area (Å²) < 4.78 is 5.74. The van der Waals surface area contributed by atoms with Crippen molar-refractivity contribution < 1.29 is 4.74 Å². The number of thioether (sulfide) groups is 1. The van der Waals surface area contributed by atoms with Gasteiger partial charge in [0.15, 0.2) is 0 Å². The molecule has 18 heavy (non-hydrogen) atoms. The molecule has 0 spiro atoms. The molecule has 100 valence electrons. The lowest BCUT2D eigenvalue weighted by molar-refractivity contribution is 0.243. The first-order valence-corrected chi connectivity index (χ1v) is 7.76. The van der Waals surface area contributed by atoms with Crippen molar-refractivity contribution in [2.75, 3.05) is 5.73 Å². The SMILES string of the molecule is CC(C)Oc1cccc(SC2CCCCC2)c1N. The van der Waals surface area contributed by atoms with Gasteiger partial charge in [0.05, 0.1) is 11.8 Å². The summed E-state index contributed by atoms with van der Waals surface area (Å²) in [6.07, 6.45) is 6.92. The molecule has 3 heteroatoms. The Morgan fingerprint density at radius 1 is 1.22 bits per heavy atom. The van der Waals surface area contributed by atoms with Gasteiger partial charge in [-0.1, -0.05) is 25.3 Å². The molecule has 0 aromatic heterocycles. The van der Waals surface area contributed by atoms with Crippen LogP contribution in [0.15, 0.2) is 23.1 Å². The monoisotopic (exact) mass is 265 g/mol. The van der Waals surface area contributed by atoms with Gasteiger partial charge in [0, 0.05) is 10.1 Å². The number of nitrogen functional groups attached to an aromatic ring is 1. The zero-order valence-corrected chi connectivity index (χ0v) is 12.1. The average Bonchev–Trinajstić information content (AvgIpc) is 2.35. The molecule has 1 fully saturated rings. The number of anilines is 1. The van der Waals surface area contributed by atoms with Gasteiger partial charge in [-0.2, -0.15) is 0 Å². The largest absolute Gasteiger partial charge is 0.489 e. The first-order chi connectivity index (χ1) is 8.66. The number of hydrogen-bond donors (Lipinski definition) is 1. The van der Waals surface area contributed by atoms with E-state index in [-0.39, 0.29) is 6.10 Å². The molecule has 0 saturated heterocycles. The summed E-state index contributed by atoms with van der Waals surface area (Å²) in [4.78, 5) is 1.18. The third kappa shape index (κ3) is 3.58. The summed E-state index contributed by atoms with van der Waals surface area (Å²) in [5.41, 5.74) is 7.01. The maximum atomic E-state index is 6.20. The molecule has 0 bridgehead atoms. The lowest BCUT2D eigenvalue weighted by Crippen LogP contribution is -2.10. The van der Waals surface area contributed by atoms with Crippen LogP contribution in [0.25, 0.3) is 0 Å². The number of rotatable bonds is 4. The fourth-order valence-corrected chi connectivity index (χ4v) is 3.66. The average molecular weight is 265 g/mol. The lowest BCUT2D eigenvalue weighted by Gasteiger charge is -2.22. The minimum atomic E-state index is 0.169. The molecular formula is C15H23NOS. The summed E-state index contributed by atoms with van der Waals surface area (Å²) in [7, 11) is 0. The van der Waals surface area contributed by atoms with Crippen LogP contribution in [0.4, 0.5) is 5.69 Å². The predicted molar refractivity (Wildman–Crippen MR) is 79.3 cm³/mol. The fourth-order valence-electron chi connectivity index (χ4n) is 2.35. The van der Waals surface area contributed by atoms with Crippen LogP contribution in [0.3, 0.4) is 0 Å². The van der Waals surface area contributed by atoms with Crippen molar-refractivity contribution in [2.45, 2.75) is 62.2 Å². The molecule has 1 aromatic rings. The summed E-state index contributed by atoms with van der Waals surface area (Å²) in [6.45, 7) is 4.06. The summed E-state index contributed by atoms with van der Waals surface area (Å²) in [6, 6.07) is 6.11. The minimum Gasteiger partial charge on any atom is -0.489 e. The summed E-state index contributed by atoms with van der Waals surface area (Å²) >= 11 is 1.93. The standard InChI is InChI=1S/C15H23NOS/c1-11(2)17-13-9-6-10-14(15(13)16)18-12-7-4-3-5-8-12/h6,9-12H,3-5,7-8,16H2,1-2H3. The van der Waals surface area contributed by atoms with Crippen LogP contribution in [0.5, 0.6) is 5.75 Å². The van der Waals surface area contributed by atoms with Crippen LogP contribution < -0.4 is 10.5 Å². The van der Waals surface area contributed by atoms with Crippen LogP contribution >= 0.6 is 11.8 Å². The van der Waals surface area contributed by atoms with Crippen LogP contribution in [0.2, 0.25) is 0 Å². The van der Waals surface area contributed by atoms with E-state index in [1.165, 1.54) is 37.0 Å². The Morgan fingerprint density at radius 3 is 2.61 bits per heavy atom. The highest BCUT2D eigenvalue weighted by Crippen LogP contribution is 2.39. The maximum Gasteiger partial charge on any atom is 0.143 e. The summed E-state index contributed by atoms with van der Waals surface area (Å²) in [5.74, 6) is 0.825. The van der Waals surface area contributed by atoms with E-state index in [2.05, 4.69) is 6.07 Å². The van der Waals surface area contributed by atoms with Crippen molar-refractivity contribution in [2.24, 2.45) is 0 Å². The van der Waals surface area contributed by atoms with Crippen LogP contribution in [0, 0.1) is 0 Å². The molecule has 0 heterocycles. The highest BCUT2D eigenvalue weighted by atomic mass is 32.2. The van der Waals surface area contributed by atoms with Crippen molar-refractivity contribution in [3.63, 3.8) is 0 Å². The smallest absolute Gasteiger partial charge is 0.143 e. The second-order valence-electron chi connectivity index (χ2n) is 5.21.